The van der Waals surface area contributed by atoms with Gasteiger partial charge in [-0.15, -0.1) is 0 Å². The second kappa shape index (κ2) is 4.03. The Morgan fingerprint density at radius 2 is 1.90 bits per heavy atom. The van der Waals surface area contributed by atoms with Gasteiger partial charge in [0.05, 0.1) is 0 Å². The van der Waals surface area contributed by atoms with Gasteiger partial charge in [0.2, 0.25) is 0 Å². The SMILES string of the molecule is CC1=C[C@@]2(C)c3c(O)cc(C)cc3OC(C)(C)[C@@H]2CC1. The molecule has 1 aliphatic carbocycles. The highest BCUT2D eigenvalue weighted by Crippen LogP contribution is 2.56. The molecule has 1 N–H and O–H groups in total. The third-order valence-electron chi connectivity index (χ3n) is 5.07. The van der Waals surface area contributed by atoms with Gasteiger partial charge in [-0.2, -0.15) is 0 Å². The molecule has 1 aromatic rings. The molecule has 0 saturated carbocycles. The third kappa shape index (κ3) is 1.77. The van der Waals surface area contributed by atoms with E-state index in [0.29, 0.717) is 11.7 Å². The zero-order valence-electron chi connectivity index (χ0n) is 13.1. The molecule has 0 radical (unpaired) electrons. The first-order valence-electron chi connectivity index (χ1n) is 7.45. The Kier molecular flexibility index (Phi) is 2.73. The predicted molar refractivity (Wildman–Crippen MR) is 81.4 cm³/mol. The van der Waals surface area contributed by atoms with Crippen LogP contribution in [0, 0.1) is 12.8 Å². The first kappa shape index (κ1) is 13.5. The normalized spacial score (nSPS) is 30.9. The lowest BCUT2D eigenvalue weighted by molar-refractivity contribution is -0.0145. The molecule has 2 aliphatic rings. The van der Waals surface area contributed by atoms with E-state index in [1.165, 1.54) is 5.57 Å². The van der Waals surface area contributed by atoms with E-state index < -0.39 is 0 Å². The van der Waals surface area contributed by atoms with E-state index in [1.807, 2.05) is 13.0 Å². The molecule has 0 unspecified atom stereocenters. The number of aromatic hydroxyl groups is 1. The highest BCUT2D eigenvalue weighted by molar-refractivity contribution is 5.56. The van der Waals surface area contributed by atoms with E-state index >= 15 is 0 Å². The lowest BCUT2D eigenvalue weighted by Crippen LogP contribution is -2.53. The second-order valence-corrected chi connectivity index (χ2v) is 7.23. The van der Waals surface area contributed by atoms with E-state index in [0.717, 1.165) is 29.7 Å². The monoisotopic (exact) mass is 272 g/mol. The quantitative estimate of drug-likeness (QED) is 0.705. The molecule has 0 aromatic heterocycles. The molecular formula is C18H24O2. The first-order valence-corrected chi connectivity index (χ1v) is 7.45. The number of phenols is 1. The fourth-order valence-corrected chi connectivity index (χ4v) is 4.38. The van der Waals surface area contributed by atoms with Crippen LogP contribution in [-0.4, -0.2) is 10.7 Å². The lowest BCUT2D eigenvalue weighted by Gasteiger charge is -2.52. The summed E-state index contributed by atoms with van der Waals surface area (Å²) >= 11 is 0. The highest BCUT2D eigenvalue weighted by atomic mass is 16.5. The number of ether oxygens (including phenoxy) is 1. The highest BCUT2D eigenvalue weighted by Gasteiger charge is 2.52. The fraction of sp³-hybridized carbons (Fsp3) is 0.556. The number of hydrogen-bond acceptors (Lipinski definition) is 2. The van der Waals surface area contributed by atoms with E-state index in [1.54, 1.807) is 0 Å². The van der Waals surface area contributed by atoms with Gasteiger partial charge in [0.15, 0.2) is 0 Å². The fourth-order valence-electron chi connectivity index (χ4n) is 4.38. The molecule has 20 heavy (non-hydrogen) atoms. The summed E-state index contributed by atoms with van der Waals surface area (Å²) in [4.78, 5) is 0. The molecule has 0 fully saturated rings. The number of fused-ring (bicyclic) bond motifs is 3. The van der Waals surface area contributed by atoms with Crippen molar-refractivity contribution in [1.82, 2.24) is 0 Å². The third-order valence-corrected chi connectivity index (χ3v) is 5.07. The summed E-state index contributed by atoms with van der Waals surface area (Å²) in [6, 6.07) is 3.90. The molecule has 2 nitrogen and oxygen atoms in total. The van der Waals surface area contributed by atoms with Crippen molar-refractivity contribution in [2.75, 3.05) is 0 Å². The minimum Gasteiger partial charge on any atom is -0.507 e. The Morgan fingerprint density at radius 3 is 2.60 bits per heavy atom. The Morgan fingerprint density at radius 1 is 1.20 bits per heavy atom. The molecule has 1 aromatic carbocycles. The number of rotatable bonds is 0. The molecule has 2 atom stereocenters. The maximum Gasteiger partial charge on any atom is 0.128 e. The maximum atomic E-state index is 10.5. The van der Waals surface area contributed by atoms with Gasteiger partial charge in [-0.1, -0.05) is 18.6 Å². The minimum absolute atomic E-state index is 0.142. The maximum absolute atomic E-state index is 10.5. The van der Waals surface area contributed by atoms with E-state index in [-0.39, 0.29) is 11.0 Å². The van der Waals surface area contributed by atoms with Crippen LogP contribution >= 0.6 is 0 Å². The van der Waals surface area contributed by atoms with Crippen LogP contribution in [0.25, 0.3) is 0 Å². The van der Waals surface area contributed by atoms with Crippen LogP contribution in [0.3, 0.4) is 0 Å². The van der Waals surface area contributed by atoms with Gasteiger partial charge in [0.25, 0.3) is 0 Å². The molecule has 108 valence electrons. The number of aryl methyl sites for hydroxylation is 1. The van der Waals surface area contributed by atoms with Crippen molar-refractivity contribution >= 4 is 0 Å². The van der Waals surface area contributed by atoms with Crippen LogP contribution in [-0.2, 0) is 5.41 Å². The topological polar surface area (TPSA) is 29.5 Å². The van der Waals surface area contributed by atoms with Crippen molar-refractivity contribution < 1.29 is 9.84 Å². The van der Waals surface area contributed by atoms with Gasteiger partial charge in [-0.05, 0) is 58.2 Å². The number of allylic oxidation sites excluding steroid dienone is 2. The van der Waals surface area contributed by atoms with Crippen molar-refractivity contribution in [3.63, 3.8) is 0 Å². The van der Waals surface area contributed by atoms with Gasteiger partial charge in [0, 0.05) is 16.9 Å². The summed E-state index contributed by atoms with van der Waals surface area (Å²) in [6.07, 6.45) is 4.58. The summed E-state index contributed by atoms with van der Waals surface area (Å²) in [5.74, 6) is 1.60. The van der Waals surface area contributed by atoms with E-state index in [4.69, 9.17) is 4.74 Å². The van der Waals surface area contributed by atoms with Crippen molar-refractivity contribution in [3.05, 3.63) is 34.9 Å². The summed E-state index contributed by atoms with van der Waals surface area (Å²) in [6.45, 7) is 10.8. The largest absolute Gasteiger partial charge is 0.507 e. The van der Waals surface area contributed by atoms with Crippen LogP contribution in [0.2, 0.25) is 0 Å². The van der Waals surface area contributed by atoms with Crippen molar-refractivity contribution in [1.29, 1.82) is 0 Å². The van der Waals surface area contributed by atoms with Gasteiger partial charge >= 0.3 is 0 Å². The number of phenolic OH excluding ortho intramolecular Hbond substituents is 1. The average Bonchev–Trinajstić information content (AvgIpc) is 2.24. The van der Waals surface area contributed by atoms with Gasteiger partial charge in [0.1, 0.15) is 17.1 Å². The molecule has 1 aliphatic heterocycles. The van der Waals surface area contributed by atoms with Crippen molar-refractivity contribution in [2.24, 2.45) is 5.92 Å². The standard InChI is InChI=1S/C18H24O2/c1-11-6-7-15-17(3,4)20-14-9-12(2)8-13(19)16(14)18(15,5)10-11/h8-10,15,19H,6-7H2,1-5H3/t15-,18+/m0/s1. The zero-order chi connectivity index (χ0) is 14.7. The van der Waals surface area contributed by atoms with Gasteiger partial charge in [-0.3, -0.25) is 0 Å². The predicted octanol–water partition coefficient (Wildman–Crippen LogP) is 4.49. The van der Waals surface area contributed by atoms with Crippen LogP contribution in [0.4, 0.5) is 0 Å². The Labute approximate surface area is 121 Å². The van der Waals surface area contributed by atoms with Crippen LogP contribution in [0.1, 0.15) is 51.7 Å². The van der Waals surface area contributed by atoms with Crippen LogP contribution in [0.15, 0.2) is 23.8 Å². The minimum atomic E-state index is -0.209. The van der Waals surface area contributed by atoms with Crippen LogP contribution < -0.4 is 4.74 Å². The molecule has 0 saturated heterocycles. The summed E-state index contributed by atoms with van der Waals surface area (Å²) in [5, 5.41) is 10.5. The molecule has 0 spiro atoms. The first-order chi connectivity index (χ1) is 9.24. The second-order valence-electron chi connectivity index (χ2n) is 7.23. The van der Waals surface area contributed by atoms with Crippen molar-refractivity contribution in [3.8, 4) is 11.5 Å². The molecule has 1 heterocycles. The Balaban J connectivity index is 2.30. The molecular weight excluding hydrogens is 248 g/mol. The molecule has 3 rings (SSSR count). The van der Waals surface area contributed by atoms with Crippen molar-refractivity contribution in [2.45, 2.75) is 58.5 Å². The molecule has 0 bridgehead atoms. The summed E-state index contributed by atoms with van der Waals surface area (Å²) in [5.41, 5.74) is 3.06. The zero-order valence-corrected chi connectivity index (χ0v) is 13.1. The van der Waals surface area contributed by atoms with E-state index in [9.17, 15) is 5.11 Å². The van der Waals surface area contributed by atoms with Crippen LogP contribution in [0.5, 0.6) is 11.5 Å². The number of hydrogen-bond donors (Lipinski definition) is 1. The smallest absolute Gasteiger partial charge is 0.128 e. The van der Waals surface area contributed by atoms with Gasteiger partial charge in [-0.25, -0.2) is 0 Å². The Hall–Kier alpha value is -1.44. The lowest BCUT2D eigenvalue weighted by atomic mass is 9.59. The summed E-state index contributed by atoms with van der Waals surface area (Å²) in [7, 11) is 0. The number of benzene rings is 1. The average molecular weight is 272 g/mol. The molecule has 2 heteroatoms. The molecule has 0 amide bonds. The van der Waals surface area contributed by atoms with Gasteiger partial charge < -0.3 is 9.84 Å². The van der Waals surface area contributed by atoms with E-state index in [2.05, 4.69) is 39.8 Å². The summed E-state index contributed by atoms with van der Waals surface area (Å²) < 4.78 is 6.26. The Bertz CT molecular complexity index is 598.